The Morgan fingerprint density at radius 3 is 2.49 bits per heavy atom. The minimum atomic E-state index is -3.05. The Hall–Kier alpha value is -3.62. The molecule has 2 fully saturated rings. The number of ether oxygens (including phenoxy) is 1. The second kappa shape index (κ2) is 10.9. The third-order valence-electron chi connectivity index (χ3n) is 7.18. The molecule has 2 aliphatic rings. The van der Waals surface area contributed by atoms with E-state index in [1.165, 1.54) is 4.52 Å². The molecule has 0 aromatic carbocycles. The lowest BCUT2D eigenvalue weighted by atomic mass is 9.81. The monoisotopic (exact) mass is 553 g/mol. The maximum absolute atomic E-state index is 13.9. The van der Waals surface area contributed by atoms with Gasteiger partial charge in [-0.05, 0) is 61.2 Å². The molecule has 2 amide bonds. The number of alkyl halides is 4. The number of rotatable bonds is 10. The fourth-order valence-corrected chi connectivity index (χ4v) is 4.96. The second-order valence-electron chi connectivity index (χ2n) is 10.1. The van der Waals surface area contributed by atoms with Crippen LogP contribution in [-0.2, 0) is 9.53 Å². The highest BCUT2D eigenvalue weighted by molar-refractivity contribution is 5.93. The van der Waals surface area contributed by atoms with Crippen LogP contribution in [0.3, 0.4) is 0 Å². The Morgan fingerprint density at radius 2 is 1.85 bits per heavy atom. The molecule has 210 valence electrons. The van der Waals surface area contributed by atoms with Crippen molar-refractivity contribution in [3.8, 4) is 0 Å². The highest BCUT2D eigenvalue weighted by atomic mass is 19.3. The Bertz CT molecular complexity index is 1330. The predicted molar refractivity (Wildman–Crippen MR) is 125 cm³/mol. The molecule has 39 heavy (non-hydrogen) atoms. The van der Waals surface area contributed by atoms with Crippen molar-refractivity contribution in [1.82, 2.24) is 35.5 Å². The number of nitrogens with zero attached hydrogens (tertiary/aromatic N) is 5. The number of aromatic nitrogens is 5. The number of fused-ring (bicyclic) bond motifs is 1. The molecule has 0 spiro atoms. The van der Waals surface area contributed by atoms with Gasteiger partial charge in [0.25, 0.3) is 5.91 Å². The summed E-state index contributed by atoms with van der Waals surface area (Å²) in [7, 11) is 0. The largest absolute Gasteiger partial charge is 0.347 e. The zero-order chi connectivity index (χ0) is 27.7. The van der Waals surface area contributed by atoms with Crippen molar-refractivity contribution in [3.05, 3.63) is 41.1 Å². The summed E-state index contributed by atoms with van der Waals surface area (Å²) in [5.74, 6) is -4.19. The Kier molecular flexibility index (Phi) is 7.51. The number of nitrogens with one attached hydrogen (secondary N) is 2. The summed E-state index contributed by atoms with van der Waals surface area (Å²) in [4.78, 5) is 29.7. The smallest absolute Gasteiger partial charge is 0.345 e. The third kappa shape index (κ3) is 6.34. The highest BCUT2D eigenvalue weighted by Gasteiger charge is 2.40. The van der Waals surface area contributed by atoms with Gasteiger partial charge in [0, 0.05) is 12.8 Å². The van der Waals surface area contributed by atoms with Crippen molar-refractivity contribution in [1.29, 1.82) is 0 Å². The normalized spacial score (nSPS) is 19.2. The van der Waals surface area contributed by atoms with Gasteiger partial charge in [0.2, 0.25) is 11.8 Å². The van der Waals surface area contributed by atoms with Crippen molar-refractivity contribution >= 4 is 17.5 Å². The molecule has 5 rings (SSSR count). The van der Waals surface area contributed by atoms with E-state index in [0.717, 1.165) is 12.8 Å². The number of halogens is 4. The number of aryl methyl sites for hydroxylation is 1. The molecule has 11 nitrogen and oxygen atoms in total. The van der Waals surface area contributed by atoms with E-state index >= 15 is 0 Å². The van der Waals surface area contributed by atoms with Gasteiger partial charge in [-0.2, -0.15) is 13.9 Å². The van der Waals surface area contributed by atoms with Crippen molar-refractivity contribution in [2.45, 2.75) is 70.1 Å². The molecular formula is C24H27F4N7O4. The van der Waals surface area contributed by atoms with Crippen molar-refractivity contribution in [2.24, 2.45) is 11.8 Å². The SMILES string of the molecule is Cc1nonc1C(=O)N[C@H](c1cn2ncc(C(NC(=O)COC(F)F)C3CC3)cc2n1)C1CCC(F)(F)CC1. The maximum atomic E-state index is 13.9. The minimum Gasteiger partial charge on any atom is -0.347 e. The predicted octanol–water partition coefficient (Wildman–Crippen LogP) is 3.52. The van der Waals surface area contributed by atoms with E-state index in [0.29, 0.717) is 16.9 Å². The Labute approximate surface area is 219 Å². The summed E-state index contributed by atoms with van der Waals surface area (Å²) in [6.45, 7) is -2.26. The second-order valence-corrected chi connectivity index (χ2v) is 10.1. The standard InChI is InChI=1S/C24H27F4N7O4/c1-12-19(34-39-33-12)22(37)32-21(14-4-6-24(27,28)7-5-14)16-10-35-17(30-16)8-15(9-29-35)20(13-2-3-13)31-18(36)11-38-23(25)26/h8-10,13-14,20-21,23H,2-7,11H2,1H3,(H,31,36)(H,32,37)/t20?,21-/m0/s1. The first-order valence-electron chi connectivity index (χ1n) is 12.6. The summed E-state index contributed by atoms with van der Waals surface area (Å²) in [6.07, 6.45) is 4.62. The van der Waals surface area contributed by atoms with E-state index in [9.17, 15) is 27.2 Å². The topological polar surface area (TPSA) is 137 Å². The zero-order valence-corrected chi connectivity index (χ0v) is 20.9. The summed E-state index contributed by atoms with van der Waals surface area (Å²) in [6, 6.07) is 0.545. The van der Waals surface area contributed by atoms with Crippen LogP contribution in [0.2, 0.25) is 0 Å². The molecule has 2 N–H and O–H groups in total. The molecule has 0 saturated heterocycles. The van der Waals surface area contributed by atoms with Crippen LogP contribution >= 0.6 is 0 Å². The Balaban J connectivity index is 1.40. The number of hydrogen-bond acceptors (Lipinski definition) is 8. The lowest BCUT2D eigenvalue weighted by molar-refractivity contribution is -0.152. The summed E-state index contributed by atoms with van der Waals surface area (Å²) in [5, 5.41) is 17.2. The maximum Gasteiger partial charge on any atom is 0.345 e. The van der Waals surface area contributed by atoms with Gasteiger partial charge in [0.15, 0.2) is 11.3 Å². The van der Waals surface area contributed by atoms with Crippen LogP contribution in [0.25, 0.3) is 5.65 Å². The van der Waals surface area contributed by atoms with Crippen molar-refractivity contribution in [3.63, 3.8) is 0 Å². The van der Waals surface area contributed by atoms with Gasteiger partial charge in [-0.15, -0.1) is 0 Å². The highest BCUT2D eigenvalue weighted by Crippen LogP contribution is 2.42. The van der Waals surface area contributed by atoms with Gasteiger partial charge >= 0.3 is 6.61 Å². The van der Waals surface area contributed by atoms with Crippen LogP contribution in [0.5, 0.6) is 0 Å². The molecule has 0 bridgehead atoms. The average molecular weight is 554 g/mol. The molecule has 2 atom stereocenters. The molecular weight excluding hydrogens is 526 g/mol. The van der Waals surface area contributed by atoms with Gasteiger partial charge in [-0.1, -0.05) is 5.16 Å². The van der Waals surface area contributed by atoms with Gasteiger partial charge < -0.3 is 15.4 Å². The van der Waals surface area contributed by atoms with E-state index in [1.807, 2.05) is 0 Å². The fraction of sp³-hybridized carbons (Fsp3) is 0.583. The average Bonchev–Trinajstić information content (AvgIpc) is 3.50. The summed E-state index contributed by atoms with van der Waals surface area (Å²) in [5.41, 5.74) is 1.74. The Morgan fingerprint density at radius 1 is 1.13 bits per heavy atom. The van der Waals surface area contributed by atoms with Crippen LogP contribution in [0.15, 0.2) is 23.1 Å². The van der Waals surface area contributed by atoms with Gasteiger partial charge in [0.1, 0.15) is 12.3 Å². The lowest BCUT2D eigenvalue weighted by Gasteiger charge is -2.33. The van der Waals surface area contributed by atoms with Gasteiger partial charge in [-0.25, -0.2) is 22.9 Å². The van der Waals surface area contributed by atoms with Crippen molar-refractivity contribution < 1.29 is 36.5 Å². The van der Waals surface area contributed by atoms with E-state index in [4.69, 9.17) is 0 Å². The van der Waals surface area contributed by atoms with E-state index in [1.54, 1.807) is 25.4 Å². The molecule has 1 unspecified atom stereocenters. The third-order valence-corrected chi connectivity index (χ3v) is 7.18. The van der Waals surface area contributed by atoms with Gasteiger partial charge in [-0.3, -0.25) is 9.59 Å². The van der Waals surface area contributed by atoms with Crippen LogP contribution in [0, 0.1) is 18.8 Å². The lowest BCUT2D eigenvalue weighted by Crippen LogP contribution is -2.37. The molecule has 2 aliphatic carbocycles. The minimum absolute atomic E-state index is 0.0100. The van der Waals surface area contributed by atoms with Gasteiger partial charge in [0.05, 0.1) is 30.2 Å². The molecule has 2 saturated carbocycles. The number of carbonyl (C=O) groups excluding carboxylic acids is 2. The molecule has 0 aliphatic heterocycles. The quantitative estimate of drug-likeness (QED) is 0.364. The van der Waals surface area contributed by atoms with Crippen LogP contribution < -0.4 is 10.6 Å². The number of amides is 2. The number of carbonyl (C=O) groups is 2. The zero-order valence-electron chi connectivity index (χ0n) is 20.9. The first-order valence-corrected chi connectivity index (χ1v) is 12.6. The molecule has 3 aromatic heterocycles. The number of imidazole rings is 1. The van der Waals surface area contributed by atoms with Crippen molar-refractivity contribution in [2.75, 3.05) is 6.61 Å². The van der Waals surface area contributed by atoms with Crippen LogP contribution in [0.1, 0.15) is 78.0 Å². The van der Waals surface area contributed by atoms with E-state index in [-0.39, 0.29) is 48.9 Å². The summed E-state index contributed by atoms with van der Waals surface area (Å²) < 4.78 is 62.7. The first kappa shape index (κ1) is 27.0. The summed E-state index contributed by atoms with van der Waals surface area (Å²) >= 11 is 0. The molecule has 0 radical (unpaired) electrons. The van der Waals surface area contributed by atoms with Crippen LogP contribution in [0.4, 0.5) is 17.6 Å². The molecule has 3 heterocycles. The molecule has 15 heteroatoms. The number of hydrogen-bond donors (Lipinski definition) is 2. The fourth-order valence-electron chi connectivity index (χ4n) is 4.96. The van der Waals surface area contributed by atoms with E-state index < -0.39 is 43.0 Å². The molecule has 3 aromatic rings. The van der Waals surface area contributed by atoms with Crippen LogP contribution in [-0.4, -0.2) is 55.9 Å². The van der Waals surface area contributed by atoms with E-state index in [2.05, 4.69) is 40.4 Å². The first-order chi connectivity index (χ1) is 18.6.